The summed E-state index contributed by atoms with van der Waals surface area (Å²) in [6.07, 6.45) is 1.06. The number of carbonyl (C=O) groups excluding carboxylic acids is 1. The molecule has 1 heterocycles. The van der Waals surface area contributed by atoms with E-state index in [0.717, 1.165) is 10.6 Å². The summed E-state index contributed by atoms with van der Waals surface area (Å²) in [4.78, 5) is 11.9. The summed E-state index contributed by atoms with van der Waals surface area (Å²) in [5.74, 6) is 0.673. The number of hydrogen-bond acceptors (Lipinski definition) is 5. The molecule has 0 bridgehead atoms. The maximum Gasteiger partial charge on any atom is 0.240 e. The third kappa shape index (κ3) is 4.03. The predicted molar refractivity (Wildman–Crippen MR) is 82.9 cm³/mol. The van der Waals surface area contributed by atoms with E-state index >= 15 is 0 Å². The number of hydrogen-bond donors (Lipinski definition) is 1. The first-order valence-corrected chi connectivity index (χ1v) is 8.79. The van der Waals surface area contributed by atoms with Crippen molar-refractivity contribution in [3.63, 3.8) is 0 Å². The lowest BCUT2D eigenvalue weighted by Crippen LogP contribution is -2.42. The molecule has 1 aromatic rings. The molecule has 7 nitrogen and oxygen atoms in total. The first kappa shape index (κ1) is 16.4. The Hall–Kier alpha value is -1.96. The molecular weight excluding hydrogens is 308 g/mol. The monoisotopic (exact) mass is 328 g/mol. The first-order chi connectivity index (χ1) is 10.3. The van der Waals surface area contributed by atoms with E-state index in [-0.39, 0.29) is 18.5 Å². The maximum absolute atomic E-state index is 12.0. The smallest absolute Gasteiger partial charge is 0.240 e. The van der Waals surface area contributed by atoms with Crippen LogP contribution in [0.4, 0.5) is 5.69 Å². The van der Waals surface area contributed by atoms with Crippen LogP contribution in [0, 0.1) is 0 Å². The van der Waals surface area contributed by atoms with Crippen LogP contribution in [0.1, 0.15) is 13.8 Å². The Balaban J connectivity index is 2.28. The van der Waals surface area contributed by atoms with Crippen LogP contribution < -0.4 is 19.1 Å². The van der Waals surface area contributed by atoms with Crippen molar-refractivity contribution < 1.29 is 22.7 Å². The Kier molecular flexibility index (Phi) is 4.80. The van der Waals surface area contributed by atoms with Gasteiger partial charge in [0.05, 0.1) is 11.9 Å². The minimum absolute atomic E-state index is 0.0609. The molecule has 0 aromatic heterocycles. The molecule has 0 radical (unpaired) electrons. The van der Waals surface area contributed by atoms with Gasteiger partial charge in [-0.3, -0.25) is 9.10 Å². The summed E-state index contributed by atoms with van der Waals surface area (Å²) < 4.78 is 35.9. The van der Waals surface area contributed by atoms with E-state index in [2.05, 4.69) is 5.32 Å². The summed E-state index contributed by atoms with van der Waals surface area (Å²) in [7, 11) is -3.60. The van der Waals surface area contributed by atoms with Crippen LogP contribution in [-0.4, -0.2) is 46.4 Å². The summed E-state index contributed by atoms with van der Waals surface area (Å²) in [6.45, 7) is 4.21. The van der Waals surface area contributed by atoms with Gasteiger partial charge in [-0.1, -0.05) is 0 Å². The largest absolute Gasteiger partial charge is 0.486 e. The normalized spacial score (nSPS) is 13.8. The van der Waals surface area contributed by atoms with Crippen molar-refractivity contribution >= 4 is 21.6 Å². The van der Waals surface area contributed by atoms with E-state index in [9.17, 15) is 13.2 Å². The quantitative estimate of drug-likeness (QED) is 0.862. The van der Waals surface area contributed by atoms with Crippen LogP contribution in [0.15, 0.2) is 18.2 Å². The van der Waals surface area contributed by atoms with Gasteiger partial charge in [0.15, 0.2) is 11.5 Å². The molecule has 2 rings (SSSR count). The number of ether oxygens (including phenoxy) is 2. The molecule has 1 aliphatic heterocycles. The summed E-state index contributed by atoms with van der Waals surface area (Å²) in [5.41, 5.74) is 0.366. The second-order valence-corrected chi connectivity index (χ2v) is 7.23. The molecule has 22 heavy (non-hydrogen) atoms. The summed E-state index contributed by atoms with van der Waals surface area (Å²) in [5, 5.41) is 2.68. The van der Waals surface area contributed by atoms with Gasteiger partial charge in [-0.15, -0.1) is 0 Å². The van der Waals surface area contributed by atoms with Crippen molar-refractivity contribution in [3.05, 3.63) is 18.2 Å². The van der Waals surface area contributed by atoms with Crippen molar-refractivity contribution in [2.75, 3.05) is 30.3 Å². The Morgan fingerprint density at radius 3 is 2.50 bits per heavy atom. The molecular formula is C14H20N2O5S. The van der Waals surface area contributed by atoms with Crippen LogP contribution >= 0.6 is 0 Å². The van der Waals surface area contributed by atoms with Crippen LogP contribution in [0.25, 0.3) is 0 Å². The topological polar surface area (TPSA) is 84.9 Å². The number of benzene rings is 1. The average Bonchev–Trinajstić information content (AvgIpc) is 2.42. The van der Waals surface area contributed by atoms with E-state index in [0.29, 0.717) is 30.4 Å². The third-order valence-corrected chi connectivity index (χ3v) is 4.09. The van der Waals surface area contributed by atoms with E-state index in [1.54, 1.807) is 18.2 Å². The van der Waals surface area contributed by atoms with Crippen molar-refractivity contribution in [3.8, 4) is 11.5 Å². The van der Waals surface area contributed by atoms with Gasteiger partial charge >= 0.3 is 0 Å². The minimum atomic E-state index is -3.60. The molecule has 0 saturated carbocycles. The number of sulfonamides is 1. The van der Waals surface area contributed by atoms with Gasteiger partial charge in [-0.25, -0.2) is 8.42 Å². The van der Waals surface area contributed by atoms with Crippen molar-refractivity contribution in [1.82, 2.24) is 5.32 Å². The van der Waals surface area contributed by atoms with Crippen LogP contribution in [0.2, 0.25) is 0 Å². The zero-order chi connectivity index (χ0) is 16.3. The molecule has 1 amide bonds. The molecule has 1 aromatic carbocycles. The SMILES string of the molecule is CC(C)NC(=O)CN(c1ccc2c(c1)OCCO2)S(C)(=O)=O. The zero-order valence-corrected chi connectivity index (χ0v) is 13.6. The molecule has 0 spiro atoms. The molecule has 0 unspecified atom stereocenters. The van der Waals surface area contributed by atoms with Gasteiger partial charge < -0.3 is 14.8 Å². The summed E-state index contributed by atoms with van der Waals surface area (Å²) >= 11 is 0. The second kappa shape index (κ2) is 6.43. The highest BCUT2D eigenvalue weighted by Crippen LogP contribution is 2.34. The molecule has 0 aliphatic carbocycles. The molecule has 0 fully saturated rings. The van der Waals surface area contributed by atoms with Gasteiger partial charge in [0.25, 0.3) is 0 Å². The lowest BCUT2D eigenvalue weighted by Gasteiger charge is -2.25. The fourth-order valence-corrected chi connectivity index (χ4v) is 2.93. The number of nitrogens with one attached hydrogen (secondary N) is 1. The molecule has 1 aliphatic rings. The van der Waals surface area contributed by atoms with E-state index in [1.807, 2.05) is 13.8 Å². The molecule has 122 valence electrons. The Labute approximate surface area is 130 Å². The van der Waals surface area contributed by atoms with Crippen LogP contribution in [0.3, 0.4) is 0 Å². The van der Waals surface area contributed by atoms with Gasteiger partial charge in [0.2, 0.25) is 15.9 Å². The van der Waals surface area contributed by atoms with E-state index in [4.69, 9.17) is 9.47 Å². The average molecular weight is 328 g/mol. The van der Waals surface area contributed by atoms with Crippen molar-refractivity contribution in [1.29, 1.82) is 0 Å². The van der Waals surface area contributed by atoms with Gasteiger partial charge in [0.1, 0.15) is 19.8 Å². The van der Waals surface area contributed by atoms with Gasteiger partial charge in [0, 0.05) is 12.1 Å². The standard InChI is InChI=1S/C14H20N2O5S/c1-10(2)15-14(17)9-16(22(3,18)19)11-4-5-12-13(8-11)21-7-6-20-12/h4-5,8,10H,6-7,9H2,1-3H3,(H,15,17). The second-order valence-electron chi connectivity index (χ2n) is 5.32. The molecule has 8 heteroatoms. The van der Waals surface area contributed by atoms with E-state index < -0.39 is 10.0 Å². The highest BCUT2D eigenvalue weighted by Gasteiger charge is 2.23. The van der Waals surface area contributed by atoms with Crippen LogP contribution in [0.5, 0.6) is 11.5 Å². The number of amides is 1. The fraction of sp³-hybridized carbons (Fsp3) is 0.500. The molecule has 0 saturated heterocycles. The number of rotatable bonds is 5. The lowest BCUT2D eigenvalue weighted by atomic mass is 10.2. The van der Waals surface area contributed by atoms with Gasteiger partial charge in [-0.2, -0.15) is 0 Å². The number of carbonyl (C=O) groups is 1. The molecule has 0 atom stereocenters. The lowest BCUT2D eigenvalue weighted by molar-refractivity contribution is -0.120. The third-order valence-electron chi connectivity index (χ3n) is 2.95. The molecule has 1 N–H and O–H groups in total. The number of nitrogens with zero attached hydrogens (tertiary/aromatic N) is 1. The van der Waals surface area contributed by atoms with Crippen LogP contribution in [-0.2, 0) is 14.8 Å². The Bertz CT molecular complexity index is 657. The summed E-state index contributed by atoms with van der Waals surface area (Å²) in [6, 6.07) is 4.74. The van der Waals surface area contributed by atoms with Crippen molar-refractivity contribution in [2.45, 2.75) is 19.9 Å². The predicted octanol–water partition coefficient (Wildman–Crippen LogP) is 0.748. The number of anilines is 1. The number of fused-ring (bicyclic) bond motifs is 1. The minimum Gasteiger partial charge on any atom is -0.486 e. The van der Waals surface area contributed by atoms with Gasteiger partial charge in [-0.05, 0) is 26.0 Å². The highest BCUT2D eigenvalue weighted by atomic mass is 32.2. The Morgan fingerprint density at radius 1 is 1.27 bits per heavy atom. The maximum atomic E-state index is 12.0. The Morgan fingerprint density at radius 2 is 1.91 bits per heavy atom. The van der Waals surface area contributed by atoms with E-state index in [1.165, 1.54) is 0 Å². The zero-order valence-electron chi connectivity index (χ0n) is 12.8. The fourth-order valence-electron chi connectivity index (χ4n) is 2.09. The van der Waals surface area contributed by atoms with Crippen molar-refractivity contribution in [2.24, 2.45) is 0 Å². The highest BCUT2D eigenvalue weighted by molar-refractivity contribution is 7.92. The first-order valence-electron chi connectivity index (χ1n) is 6.94.